The van der Waals surface area contributed by atoms with Crippen molar-refractivity contribution in [2.24, 2.45) is 0 Å². The summed E-state index contributed by atoms with van der Waals surface area (Å²) < 4.78 is 0. The van der Waals surface area contributed by atoms with Gasteiger partial charge in [-0.1, -0.05) is 23.7 Å². The van der Waals surface area contributed by atoms with Crippen LogP contribution in [-0.2, 0) is 0 Å². The SMILES string of the molecule is O=C(O)c1ccc(-c2ccnc(-c3ccc(Cl)cc3)n2)cc1. The summed E-state index contributed by atoms with van der Waals surface area (Å²) in [7, 11) is 0. The molecule has 0 aliphatic heterocycles. The molecule has 5 heteroatoms. The highest BCUT2D eigenvalue weighted by Crippen LogP contribution is 2.22. The fraction of sp³-hybridized carbons (Fsp3) is 0. The molecule has 0 unspecified atom stereocenters. The second kappa shape index (κ2) is 5.95. The fourth-order valence-corrected chi connectivity index (χ4v) is 2.17. The second-order valence-electron chi connectivity index (χ2n) is 4.65. The molecule has 2 aromatic carbocycles. The summed E-state index contributed by atoms with van der Waals surface area (Å²) in [5.74, 6) is -0.354. The first kappa shape index (κ1) is 14.2. The van der Waals surface area contributed by atoms with E-state index in [1.807, 2.05) is 12.1 Å². The first-order chi connectivity index (χ1) is 10.6. The van der Waals surface area contributed by atoms with Crippen molar-refractivity contribution in [3.63, 3.8) is 0 Å². The number of carboxylic acids is 1. The van der Waals surface area contributed by atoms with Crippen molar-refractivity contribution in [2.45, 2.75) is 0 Å². The lowest BCUT2D eigenvalue weighted by Gasteiger charge is -2.05. The molecule has 3 rings (SSSR count). The van der Waals surface area contributed by atoms with Crippen LogP contribution in [-0.4, -0.2) is 21.0 Å². The molecule has 0 amide bonds. The Morgan fingerprint density at radius 2 is 1.55 bits per heavy atom. The Kier molecular flexibility index (Phi) is 3.85. The normalized spacial score (nSPS) is 10.4. The highest BCUT2D eigenvalue weighted by molar-refractivity contribution is 6.30. The first-order valence-corrected chi connectivity index (χ1v) is 6.94. The maximum absolute atomic E-state index is 10.9. The van der Waals surface area contributed by atoms with E-state index in [1.54, 1.807) is 48.7 Å². The molecule has 1 aromatic heterocycles. The molecule has 3 aromatic rings. The van der Waals surface area contributed by atoms with Gasteiger partial charge in [-0.25, -0.2) is 14.8 Å². The van der Waals surface area contributed by atoms with Crippen LogP contribution in [0.4, 0.5) is 0 Å². The molecule has 0 spiro atoms. The summed E-state index contributed by atoms with van der Waals surface area (Å²) in [6.45, 7) is 0. The van der Waals surface area contributed by atoms with Gasteiger partial charge in [-0.05, 0) is 42.5 Å². The van der Waals surface area contributed by atoms with E-state index >= 15 is 0 Å². The Bertz CT molecular complexity index is 815. The number of hydrogen-bond donors (Lipinski definition) is 1. The number of rotatable bonds is 3. The quantitative estimate of drug-likeness (QED) is 0.789. The van der Waals surface area contributed by atoms with Crippen LogP contribution < -0.4 is 0 Å². The van der Waals surface area contributed by atoms with Crippen molar-refractivity contribution in [2.75, 3.05) is 0 Å². The zero-order valence-corrected chi connectivity index (χ0v) is 12.2. The lowest BCUT2D eigenvalue weighted by molar-refractivity contribution is 0.0697. The standard InChI is InChI=1S/C17H11ClN2O2/c18-14-7-5-12(6-8-14)16-19-10-9-15(20-16)11-1-3-13(4-2-11)17(21)22/h1-10H,(H,21,22). The Labute approximate surface area is 132 Å². The Morgan fingerprint density at radius 1 is 0.909 bits per heavy atom. The minimum atomic E-state index is -0.948. The van der Waals surface area contributed by atoms with E-state index < -0.39 is 5.97 Å². The summed E-state index contributed by atoms with van der Waals surface area (Å²) in [4.78, 5) is 19.7. The third-order valence-electron chi connectivity index (χ3n) is 3.19. The molecule has 0 fully saturated rings. The Hall–Kier alpha value is -2.72. The minimum Gasteiger partial charge on any atom is -0.478 e. The highest BCUT2D eigenvalue weighted by Gasteiger charge is 2.06. The van der Waals surface area contributed by atoms with Crippen molar-refractivity contribution in [3.05, 3.63) is 71.4 Å². The van der Waals surface area contributed by atoms with Crippen LogP contribution in [0.15, 0.2) is 60.8 Å². The first-order valence-electron chi connectivity index (χ1n) is 6.56. The molecule has 0 aliphatic carbocycles. The molecule has 22 heavy (non-hydrogen) atoms. The monoisotopic (exact) mass is 310 g/mol. The maximum atomic E-state index is 10.9. The third kappa shape index (κ3) is 2.97. The van der Waals surface area contributed by atoms with Crippen molar-refractivity contribution >= 4 is 17.6 Å². The van der Waals surface area contributed by atoms with Gasteiger partial charge >= 0.3 is 5.97 Å². The fourth-order valence-electron chi connectivity index (χ4n) is 2.04. The van der Waals surface area contributed by atoms with Crippen molar-refractivity contribution in [1.29, 1.82) is 0 Å². The van der Waals surface area contributed by atoms with Crippen LogP contribution in [0.1, 0.15) is 10.4 Å². The Morgan fingerprint density at radius 3 is 2.18 bits per heavy atom. The van der Waals surface area contributed by atoms with E-state index in [2.05, 4.69) is 9.97 Å². The van der Waals surface area contributed by atoms with Crippen LogP contribution in [0.25, 0.3) is 22.6 Å². The number of aromatic carboxylic acids is 1. The molecule has 0 bridgehead atoms. The number of halogens is 1. The van der Waals surface area contributed by atoms with Gasteiger partial charge in [0.05, 0.1) is 11.3 Å². The average molecular weight is 311 g/mol. The third-order valence-corrected chi connectivity index (χ3v) is 3.44. The molecule has 1 N–H and O–H groups in total. The van der Waals surface area contributed by atoms with Gasteiger partial charge in [0.2, 0.25) is 0 Å². The summed E-state index contributed by atoms with van der Waals surface area (Å²) in [5.41, 5.74) is 2.68. The van der Waals surface area contributed by atoms with Crippen molar-refractivity contribution in [3.8, 4) is 22.6 Å². The van der Waals surface area contributed by atoms with E-state index in [-0.39, 0.29) is 5.56 Å². The van der Waals surface area contributed by atoms with Gasteiger partial charge in [0.25, 0.3) is 0 Å². The highest BCUT2D eigenvalue weighted by atomic mass is 35.5. The summed E-state index contributed by atoms with van der Waals surface area (Å²) in [6.07, 6.45) is 1.68. The lowest BCUT2D eigenvalue weighted by atomic mass is 10.1. The zero-order valence-electron chi connectivity index (χ0n) is 11.4. The molecule has 0 atom stereocenters. The van der Waals surface area contributed by atoms with Gasteiger partial charge in [-0.3, -0.25) is 0 Å². The van der Waals surface area contributed by atoms with Crippen LogP contribution in [0, 0.1) is 0 Å². The van der Waals surface area contributed by atoms with E-state index in [1.165, 1.54) is 0 Å². The van der Waals surface area contributed by atoms with Crippen molar-refractivity contribution in [1.82, 2.24) is 9.97 Å². The summed E-state index contributed by atoms with van der Waals surface area (Å²) >= 11 is 5.88. The summed E-state index contributed by atoms with van der Waals surface area (Å²) in [6, 6.07) is 15.7. The van der Waals surface area contributed by atoms with E-state index in [0.29, 0.717) is 10.8 Å². The molecule has 0 radical (unpaired) electrons. The van der Waals surface area contributed by atoms with Gasteiger partial charge in [0.1, 0.15) is 0 Å². The second-order valence-corrected chi connectivity index (χ2v) is 5.09. The molecule has 0 saturated heterocycles. The van der Waals surface area contributed by atoms with E-state index in [9.17, 15) is 4.79 Å². The minimum absolute atomic E-state index is 0.246. The molecule has 108 valence electrons. The molecular weight excluding hydrogens is 300 g/mol. The van der Waals surface area contributed by atoms with Gasteiger partial charge in [0, 0.05) is 22.3 Å². The van der Waals surface area contributed by atoms with Crippen molar-refractivity contribution < 1.29 is 9.90 Å². The number of aromatic nitrogens is 2. The number of carbonyl (C=O) groups is 1. The molecular formula is C17H11ClN2O2. The Balaban J connectivity index is 1.97. The number of benzene rings is 2. The molecule has 1 heterocycles. The van der Waals surface area contributed by atoms with E-state index in [4.69, 9.17) is 16.7 Å². The van der Waals surface area contributed by atoms with E-state index in [0.717, 1.165) is 16.8 Å². The number of carboxylic acid groups (broad SMARTS) is 1. The van der Waals surface area contributed by atoms with Gasteiger partial charge in [0.15, 0.2) is 5.82 Å². The average Bonchev–Trinajstić information content (AvgIpc) is 2.56. The van der Waals surface area contributed by atoms with Gasteiger partial charge < -0.3 is 5.11 Å². The smallest absolute Gasteiger partial charge is 0.335 e. The molecule has 0 saturated carbocycles. The largest absolute Gasteiger partial charge is 0.478 e. The molecule has 0 aliphatic rings. The topological polar surface area (TPSA) is 63.1 Å². The van der Waals surface area contributed by atoms with Crippen LogP contribution in [0.2, 0.25) is 5.02 Å². The van der Waals surface area contributed by atoms with Crippen LogP contribution in [0.5, 0.6) is 0 Å². The number of nitrogens with zero attached hydrogens (tertiary/aromatic N) is 2. The summed E-state index contributed by atoms with van der Waals surface area (Å²) in [5, 5.41) is 9.58. The van der Waals surface area contributed by atoms with Gasteiger partial charge in [-0.2, -0.15) is 0 Å². The van der Waals surface area contributed by atoms with Crippen LogP contribution >= 0.6 is 11.6 Å². The number of hydrogen-bond acceptors (Lipinski definition) is 3. The predicted molar refractivity (Wildman–Crippen MR) is 84.9 cm³/mol. The van der Waals surface area contributed by atoms with Gasteiger partial charge in [-0.15, -0.1) is 0 Å². The molecule has 4 nitrogen and oxygen atoms in total. The maximum Gasteiger partial charge on any atom is 0.335 e. The lowest BCUT2D eigenvalue weighted by Crippen LogP contribution is -1.96. The zero-order chi connectivity index (χ0) is 15.5. The van der Waals surface area contributed by atoms with Crippen LogP contribution in [0.3, 0.4) is 0 Å². The predicted octanol–water partition coefficient (Wildman–Crippen LogP) is 4.16.